The molecule has 1 aliphatic heterocycles. The normalized spacial score (nSPS) is 30.0. The molecule has 22 heavy (non-hydrogen) atoms. The molecule has 2 aliphatic rings. The van der Waals surface area contributed by atoms with Crippen LogP contribution in [-0.4, -0.2) is 35.3 Å². The number of ether oxygens (including phenoxy) is 1. The topological polar surface area (TPSA) is 67.3 Å². The Hall–Kier alpha value is -1.36. The van der Waals surface area contributed by atoms with Gasteiger partial charge in [0.2, 0.25) is 7.31 Å². The first kappa shape index (κ1) is 14.2. The molecule has 0 unspecified atom stereocenters. The van der Waals surface area contributed by atoms with Gasteiger partial charge in [0.25, 0.3) is 0 Å². The molecule has 0 amide bonds. The highest BCUT2D eigenvalue weighted by atomic mass is 16.5. The Morgan fingerprint density at radius 3 is 2.95 bits per heavy atom. The van der Waals surface area contributed by atoms with Crippen molar-refractivity contribution in [2.75, 3.05) is 11.9 Å². The van der Waals surface area contributed by atoms with Gasteiger partial charge in [-0.3, -0.25) is 0 Å². The monoisotopic (exact) mass is 307 g/mol. The number of aromatic nitrogens is 2. The lowest BCUT2D eigenvalue weighted by Gasteiger charge is -2.35. The van der Waals surface area contributed by atoms with Crippen LogP contribution in [0.15, 0.2) is 0 Å². The van der Waals surface area contributed by atoms with E-state index in [1.165, 1.54) is 19.3 Å². The van der Waals surface area contributed by atoms with Crippen LogP contribution in [0.5, 0.6) is 5.88 Å². The first-order chi connectivity index (χ1) is 11.1. The summed E-state index contributed by atoms with van der Waals surface area (Å²) < 4.78 is 13.2. The molecule has 2 heterocycles. The minimum absolute atomic E-state index is 0.193. The van der Waals surface area contributed by atoms with Gasteiger partial charge in [-0.2, -0.15) is 4.98 Å². The Balaban J connectivity index is 1.82. The average Bonchev–Trinajstić information content (AvgIpc) is 2.84. The molecule has 5 heteroatoms. The van der Waals surface area contributed by atoms with Crippen molar-refractivity contribution in [3.8, 4) is 5.88 Å². The number of hydrogen-bond donors (Lipinski definition) is 2. The van der Waals surface area contributed by atoms with Gasteiger partial charge in [0, 0.05) is 6.61 Å². The second-order valence-electron chi connectivity index (χ2n) is 6.68. The van der Waals surface area contributed by atoms with Crippen molar-refractivity contribution < 1.29 is 9.85 Å². The number of nitrogens with zero attached hydrogens (tertiary/aromatic N) is 2. The second kappa shape index (κ2) is 6.41. The zero-order valence-electron chi connectivity index (χ0n) is 14.8. The summed E-state index contributed by atoms with van der Waals surface area (Å²) in [6, 6.07) is 0.315. The number of nitrogens with one attached hydrogen (secondary N) is 1. The zero-order chi connectivity index (χ0) is 16.4. The summed E-state index contributed by atoms with van der Waals surface area (Å²) in [4.78, 5) is 8.95. The Morgan fingerprint density at radius 1 is 1.32 bits per heavy atom. The summed E-state index contributed by atoms with van der Waals surface area (Å²) in [5.41, 5.74) is 1.91. The quantitative estimate of drug-likeness (QED) is 0.791. The molecular weight excluding hydrogens is 278 g/mol. The maximum atomic E-state index is 6.85. The molecule has 0 saturated heterocycles. The van der Waals surface area contributed by atoms with Gasteiger partial charge in [-0.05, 0) is 51.4 Å². The first-order valence-electron chi connectivity index (χ1n) is 8.91. The van der Waals surface area contributed by atoms with E-state index in [2.05, 4.69) is 27.3 Å². The van der Waals surface area contributed by atoms with Crippen LogP contribution in [-0.2, 0) is 0 Å². The minimum Gasteiger partial charge on any atom is -0.470 e. The highest BCUT2D eigenvalue weighted by molar-refractivity contribution is 5.59. The van der Waals surface area contributed by atoms with Gasteiger partial charge < -0.3 is 15.2 Å². The Bertz CT molecular complexity index is 555. The van der Waals surface area contributed by atoms with E-state index >= 15 is 0 Å². The fourth-order valence-electron chi connectivity index (χ4n) is 4.12. The summed E-state index contributed by atoms with van der Waals surface area (Å²) in [7, 11) is 0. The van der Waals surface area contributed by atoms with Gasteiger partial charge in [-0.15, -0.1) is 0 Å². The van der Waals surface area contributed by atoms with Gasteiger partial charge in [0.1, 0.15) is 17.6 Å². The molecule has 5 nitrogen and oxygen atoms in total. The third kappa shape index (κ3) is 2.78. The second-order valence-corrected chi connectivity index (χ2v) is 6.68. The van der Waals surface area contributed by atoms with Gasteiger partial charge in [0.15, 0.2) is 0 Å². The van der Waals surface area contributed by atoms with Crippen LogP contribution >= 0.6 is 0 Å². The maximum Gasteiger partial charge on any atom is 0.241 e. The fraction of sp³-hybridized carbons (Fsp3) is 0.765. The van der Waals surface area contributed by atoms with Crippen LogP contribution in [0.1, 0.15) is 50.5 Å². The van der Waals surface area contributed by atoms with Gasteiger partial charge in [-0.1, -0.05) is 13.3 Å². The van der Waals surface area contributed by atoms with Gasteiger partial charge in [0.05, 0.1) is 11.7 Å². The Morgan fingerprint density at radius 2 is 2.18 bits per heavy atom. The van der Waals surface area contributed by atoms with Crippen LogP contribution in [0.2, 0.25) is 0 Å². The summed E-state index contributed by atoms with van der Waals surface area (Å²) in [5, 5.41) is 8.16. The van der Waals surface area contributed by atoms with E-state index in [-0.39, 0.29) is 6.10 Å². The molecule has 0 radical (unpaired) electrons. The maximum absolute atomic E-state index is 6.85. The summed E-state index contributed by atoms with van der Waals surface area (Å²) in [5.74, 6) is 2.60. The van der Waals surface area contributed by atoms with Crippen molar-refractivity contribution in [1.82, 2.24) is 9.97 Å². The van der Waals surface area contributed by atoms with Crippen LogP contribution in [0.3, 0.4) is 0 Å². The lowest BCUT2D eigenvalue weighted by molar-refractivity contribution is 0.125. The molecule has 3 rings (SSSR count). The number of aliphatic hydroxyl groups is 1. The van der Waals surface area contributed by atoms with Gasteiger partial charge in [-0.25, -0.2) is 4.98 Å². The summed E-state index contributed by atoms with van der Waals surface area (Å²) in [6.45, 7) is 6.65. The predicted molar refractivity (Wildman–Crippen MR) is 86.2 cm³/mol. The minimum atomic E-state index is 0.193. The number of anilines is 1. The summed E-state index contributed by atoms with van der Waals surface area (Å²) in [6.07, 6.45) is 5.72. The lowest BCUT2D eigenvalue weighted by atomic mass is 9.96. The van der Waals surface area contributed by atoms with E-state index in [9.17, 15) is 0 Å². The predicted octanol–water partition coefficient (Wildman–Crippen LogP) is 2.84. The molecule has 1 aromatic heterocycles. The van der Waals surface area contributed by atoms with E-state index in [1.807, 2.05) is 13.8 Å². The Kier molecular flexibility index (Phi) is 4.15. The lowest BCUT2D eigenvalue weighted by Crippen LogP contribution is -2.44. The fourth-order valence-corrected chi connectivity index (χ4v) is 4.12. The van der Waals surface area contributed by atoms with Crippen molar-refractivity contribution in [1.29, 1.82) is 1.43 Å². The van der Waals surface area contributed by atoms with Crippen molar-refractivity contribution in [3.05, 3.63) is 11.5 Å². The SMILES string of the molecule is [3H]OCCC[C@H]1C[C@H](CCC)[C@H]2Oc3nc(C)nc(C)c3N[C@@H]12. The van der Waals surface area contributed by atoms with Crippen LogP contribution < -0.4 is 10.1 Å². The number of rotatable bonds is 6. The van der Waals surface area contributed by atoms with Crippen LogP contribution in [0.25, 0.3) is 0 Å². The number of fused-ring (bicyclic) bond motifs is 2. The largest absolute Gasteiger partial charge is 0.470 e. The standard InChI is InChI=1S/C17H27N3O2/c1-4-6-13-9-12(7-5-8-21)15-16(13)22-17-14(20-15)10(2)18-11(3)19-17/h12-13,15-16,20-21H,4-9H2,1-3H3/t12-,13-,15-,16+/m0/s1/i21T. The van der Waals surface area contributed by atoms with E-state index in [0.29, 0.717) is 30.4 Å². The zero-order valence-corrected chi connectivity index (χ0v) is 13.8. The summed E-state index contributed by atoms with van der Waals surface area (Å²) >= 11 is 0. The molecule has 0 bridgehead atoms. The van der Waals surface area contributed by atoms with Crippen LogP contribution in [0, 0.1) is 25.7 Å². The molecular formula is C17H27N3O2. The van der Waals surface area contributed by atoms with Crippen LogP contribution in [0.4, 0.5) is 5.69 Å². The van der Waals surface area contributed by atoms with E-state index in [1.54, 1.807) is 0 Å². The first-order valence-corrected chi connectivity index (χ1v) is 8.50. The molecule has 1 saturated carbocycles. The Labute approximate surface area is 134 Å². The third-order valence-corrected chi connectivity index (χ3v) is 5.04. The molecule has 0 aromatic carbocycles. The van der Waals surface area contributed by atoms with Crippen molar-refractivity contribution in [3.63, 3.8) is 0 Å². The van der Waals surface area contributed by atoms with Crippen molar-refractivity contribution >= 4 is 5.69 Å². The molecule has 1 aliphatic carbocycles. The van der Waals surface area contributed by atoms with E-state index in [4.69, 9.17) is 6.17 Å². The number of aryl methyl sites for hydroxylation is 2. The molecule has 1 fully saturated rings. The highest BCUT2D eigenvalue weighted by Gasteiger charge is 2.47. The molecule has 122 valence electrons. The molecule has 2 N–H and O–H groups in total. The van der Waals surface area contributed by atoms with E-state index in [0.717, 1.165) is 30.0 Å². The smallest absolute Gasteiger partial charge is 0.241 e. The molecule has 0 spiro atoms. The molecule has 4 atom stereocenters. The highest BCUT2D eigenvalue weighted by Crippen LogP contribution is 2.45. The number of hydrogen-bond acceptors (Lipinski definition) is 5. The van der Waals surface area contributed by atoms with Crippen molar-refractivity contribution in [2.24, 2.45) is 11.8 Å². The molecule has 1 aromatic rings. The average molecular weight is 307 g/mol. The number of aliphatic hydroxyl groups excluding tert-OH is 1. The van der Waals surface area contributed by atoms with Crippen molar-refractivity contribution in [2.45, 2.75) is 65.0 Å². The van der Waals surface area contributed by atoms with E-state index < -0.39 is 0 Å². The van der Waals surface area contributed by atoms with Gasteiger partial charge >= 0.3 is 0 Å². The third-order valence-electron chi connectivity index (χ3n) is 5.04.